The molecule has 1 aliphatic heterocycles. The third-order valence-electron chi connectivity index (χ3n) is 4.93. The van der Waals surface area contributed by atoms with Crippen molar-refractivity contribution in [1.29, 1.82) is 0 Å². The molecule has 0 amide bonds. The van der Waals surface area contributed by atoms with Gasteiger partial charge in [-0.2, -0.15) is 0 Å². The minimum Gasteiger partial charge on any atom is -0.478 e. The summed E-state index contributed by atoms with van der Waals surface area (Å²) >= 11 is 0. The number of carboxylic acids is 2. The van der Waals surface area contributed by atoms with E-state index >= 15 is 0 Å². The van der Waals surface area contributed by atoms with Crippen molar-refractivity contribution in [1.82, 2.24) is 9.88 Å². The van der Waals surface area contributed by atoms with E-state index < -0.39 is 11.9 Å². The summed E-state index contributed by atoms with van der Waals surface area (Å²) in [6.45, 7) is 6.65. The highest BCUT2D eigenvalue weighted by atomic mass is 16.6. The van der Waals surface area contributed by atoms with Gasteiger partial charge in [-0.1, -0.05) is 6.07 Å². The number of likely N-dealkylation sites (tertiary alicyclic amines) is 1. The highest BCUT2D eigenvalue weighted by Crippen LogP contribution is 2.33. The number of nitro groups is 1. The fraction of sp³-hybridized carbons (Fsp3) is 0.400. The Morgan fingerprint density at radius 2 is 1.79 bits per heavy atom. The molecule has 0 saturated carbocycles. The van der Waals surface area contributed by atoms with E-state index in [-0.39, 0.29) is 10.6 Å². The number of aromatic amines is 1. The van der Waals surface area contributed by atoms with Crippen LogP contribution in [0.25, 0.3) is 10.9 Å². The SMILES string of the molecule is CC(C)N1CCC(c2cc3c([N+](=O)[O-])cccc3[nH]2)CC1.O=C(O)/C=C\C(=O)O. The predicted molar refractivity (Wildman–Crippen MR) is 108 cm³/mol. The Kier molecular flexibility index (Phi) is 7.49. The van der Waals surface area contributed by atoms with Crippen LogP contribution in [0.1, 0.15) is 38.3 Å². The van der Waals surface area contributed by atoms with E-state index in [2.05, 4.69) is 23.7 Å². The molecule has 0 radical (unpaired) electrons. The van der Waals surface area contributed by atoms with Crippen molar-refractivity contribution in [3.05, 3.63) is 52.2 Å². The normalized spacial score (nSPS) is 15.4. The lowest BCUT2D eigenvalue weighted by Gasteiger charge is -2.34. The molecule has 0 unspecified atom stereocenters. The maximum atomic E-state index is 11.1. The first-order valence-corrected chi connectivity index (χ1v) is 9.33. The Morgan fingerprint density at radius 1 is 1.21 bits per heavy atom. The lowest BCUT2D eigenvalue weighted by Crippen LogP contribution is -2.37. The van der Waals surface area contributed by atoms with Gasteiger partial charge in [0.25, 0.3) is 5.69 Å². The monoisotopic (exact) mass is 403 g/mol. The first-order chi connectivity index (χ1) is 13.7. The van der Waals surface area contributed by atoms with Crippen molar-refractivity contribution < 1.29 is 24.7 Å². The highest BCUT2D eigenvalue weighted by Gasteiger charge is 2.24. The van der Waals surface area contributed by atoms with Crippen LogP contribution in [0, 0.1) is 10.1 Å². The molecule has 0 spiro atoms. The molecular formula is C20H25N3O6. The Balaban J connectivity index is 0.000000321. The van der Waals surface area contributed by atoms with Gasteiger partial charge in [-0.3, -0.25) is 10.1 Å². The van der Waals surface area contributed by atoms with Gasteiger partial charge in [-0.05, 0) is 51.9 Å². The minimum atomic E-state index is -1.26. The number of non-ortho nitro benzene ring substituents is 1. The molecule has 1 saturated heterocycles. The summed E-state index contributed by atoms with van der Waals surface area (Å²) in [4.78, 5) is 35.8. The number of carboxylic acid groups (broad SMARTS) is 2. The second-order valence-electron chi connectivity index (χ2n) is 7.13. The molecule has 0 atom stereocenters. The van der Waals surface area contributed by atoms with Crippen molar-refractivity contribution in [3.63, 3.8) is 0 Å². The van der Waals surface area contributed by atoms with Gasteiger partial charge in [0.15, 0.2) is 0 Å². The van der Waals surface area contributed by atoms with Crippen LogP contribution in [-0.2, 0) is 9.59 Å². The number of hydrogen-bond donors (Lipinski definition) is 3. The molecule has 29 heavy (non-hydrogen) atoms. The number of H-pyrrole nitrogens is 1. The van der Waals surface area contributed by atoms with E-state index in [0.29, 0.717) is 24.1 Å². The van der Waals surface area contributed by atoms with Crippen LogP contribution < -0.4 is 0 Å². The molecule has 0 bridgehead atoms. The zero-order chi connectivity index (χ0) is 21.6. The maximum Gasteiger partial charge on any atom is 0.328 e. The fourth-order valence-electron chi connectivity index (χ4n) is 3.41. The van der Waals surface area contributed by atoms with Crippen molar-refractivity contribution >= 4 is 28.5 Å². The molecule has 156 valence electrons. The lowest BCUT2D eigenvalue weighted by atomic mass is 9.93. The van der Waals surface area contributed by atoms with Gasteiger partial charge in [0.1, 0.15) is 0 Å². The number of aromatic nitrogens is 1. The van der Waals surface area contributed by atoms with E-state index in [1.165, 1.54) is 0 Å². The van der Waals surface area contributed by atoms with Gasteiger partial charge < -0.3 is 20.1 Å². The molecular weight excluding hydrogens is 378 g/mol. The Morgan fingerprint density at radius 3 is 2.28 bits per heavy atom. The molecule has 0 aliphatic carbocycles. The third-order valence-corrected chi connectivity index (χ3v) is 4.93. The summed E-state index contributed by atoms with van der Waals surface area (Å²) in [5.74, 6) is -2.04. The van der Waals surface area contributed by atoms with Gasteiger partial charge in [-0.15, -0.1) is 0 Å². The van der Waals surface area contributed by atoms with Gasteiger partial charge >= 0.3 is 11.9 Å². The van der Waals surface area contributed by atoms with Crippen molar-refractivity contribution in [2.75, 3.05) is 13.1 Å². The molecule has 9 heteroatoms. The molecule has 2 aromatic rings. The zero-order valence-corrected chi connectivity index (χ0v) is 16.4. The molecule has 2 heterocycles. The summed E-state index contributed by atoms with van der Waals surface area (Å²) in [5, 5.41) is 27.5. The number of aliphatic carboxylic acids is 2. The smallest absolute Gasteiger partial charge is 0.328 e. The average molecular weight is 403 g/mol. The number of nitrogens with one attached hydrogen (secondary N) is 1. The Hall–Kier alpha value is -3.20. The van der Waals surface area contributed by atoms with E-state index in [0.717, 1.165) is 42.5 Å². The number of carbonyl (C=O) groups is 2. The van der Waals surface area contributed by atoms with Gasteiger partial charge in [-0.25, -0.2) is 9.59 Å². The van der Waals surface area contributed by atoms with Crippen LogP contribution in [0.4, 0.5) is 5.69 Å². The van der Waals surface area contributed by atoms with E-state index in [9.17, 15) is 19.7 Å². The summed E-state index contributed by atoms with van der Waals surface area (Å²) in [6, 6.07) is 7.79. The minimum absolute atomic E-state index is 0.189. The topological polar surface area (TPSA) is 137 Å². The lowest BCUT2D eigenvalue weighted by molar-refractivity contribution is -0.383. The predicted octanol–water partition coefficient (Wildman–Crippen LogP) is 3.38. The van der Waals surface area contributed by atoms with E-state index in [4.69, 9.17) is 10.2 Å². The molecule has 1 aliphatic rings. The van der Waals surface area contributed by atoms with Crippen LogP contribution in [0.5, 0.6) is 0 Å². The first-order valence-electron chi connectivity index (χ1n) is 9.33. The highest BCUT2D eigenvalue weighted by molar-refractivity contribution is 5.90. The summed E-state index contributed by atoms with van der Waals surface area (Å²) in [6.07, 6.45) is 3.34. The molecule has 3 rings (SSSR count). The van der Waals surface area contributed by atoms with E-state index in [1.807, 2.05) is 12.1 Å². The average Bonchev–Trinajstić information content (AvgIpc) is 3.11. The third kappa shape index (κ3) is 6.15. The second kappa shape index (κ2) is 9.83. The van der Waals surface area contributed by atoms with Crippen LogP contribution >= 0.6 is 0 Å². The summed E-state index contributed by atoms with van der Waals surface area (Å²) in [7, 11) is 0. The second-order valence-corrected chi connectivity index (χ2v) is 7.13. The number of piperidine rings is 1. The van der Waals surface area contributed by atoms with Gasteiger partial charge in [0.2, 0.25) is 0 Å². The largest absolute Gasteiger partial charge is 0.478 e. The van der Waals surface area contributed by atoms with E-state index in [1.54, 1.807) is 12.1 Å². The number of benzene rings is 1. The number of rotatable bonds is 5. The standard InChI is InChI=1S/C16H21N3O2.C4H4O4/c1-11(2)18-8-6-12(7-9-18)15-10-13-14(17-15)4-3-5-16(13)19(20)21;5-3(6)1-2-4(7)8/h3-5,10-12,17H,6-9H2,1-2H3;1-2H,(H,5,6)(H,7,8)/b;2-1-. The molecule has 1 aromatic carbocycles. The van der Waals surface area contributed by atoms with Gasteiger partial charge in [0.05, 0.1) is 15.8 Å². The van der Waals surface area contributed by atoms with Crippen LogP contribution in [0.2, 0.25) is 0 Å². The number of nitrogens with zero attached hydrogens (tertiary/aromatic N) is 2. The molecule has 1 aromatic heterocycles. The van der Waals surface area contributed by atoms with Crippen molar-refractivity contribution in [3.8, 4) is 0 Å². The van der Waals surface area contributed by atoms with Crippen molar-refractivity contribution in [2.45, 2.75) is 38.6 Å². The number of nitro benzene ring substituents is 1. The maximum absolute atomic E-state index is 11.1. The number of hydrogen-bond acceptors (Lipinski definition) is 5. The van der Waals surface area contributed by atoms with Gasteiger partial charge in [0, 0.05) is 35.9 Å². The Bertz CT molecular complexity index is 894. The van der Waals surface area contributed by atoms with Crippen LogP contribution in [0.3, 0.4) is 0 Å². The molecule has 9 nitrogen and oxygen atoms in total. The zero-order valence-electron chi connectivity index (χ0n) is 16.4. The summed E-state index contributed by atoms with van der Waals surface area (Å²) in [5.41, 5.74) is 2.20. The quantitative estimate of drug-likeness (QED) is 0.395. The van der Waals surface area contributed by atoms with Crippen LogP contribution in [-0.4, -0.2) is 56.1 Å². The fourth-order valence-corrected chi connectivity index (χ4v) is 3.41. The van der Waals surface area contributed by atoms with Crippen molar-refractivity contribution in [2.24, 2.45) is 0 Å². The Labute approximate surface area is 167 Å². The number of fused-ring (bicyclic) bond motifs is 1. The molecule has 1 fully saturated rings. The first kappa shape index (κ1) is 22.1. The van der Waals surface area contributed by atoms with Crippen LogP contribution in [0.15, 0.2) is 36.4 Å². The summed E-state index contributed by atoms with van der Waals surface area (Å²) < 4.78 is 0. The molecule has 3 N–H and O–H groups in total.